The summed E-state index contributed by atoms with van der Waals surface area (Å²) in [5, 5.41) is 11.7. The second-order valence-corrected chi connectivity index (χ2v) is 4.68. The number of rotatable bonds is 3. The highest BCUT2D eigenvalue weighted by Crippen LogP contribution is 2.15. The third-order valence-electron chi connectivity index (χ3n) is 3.13. The van der Waals surface area contributed by atoms with E-state index in [0.717, 1.165) is 18.2 Å². The second-order valence-electron chi connectivity index (χ2n) is 4.68. The molecule has 19 heavy (non-hydrogen) atoms. The SMILES string of the molecule is O=C(CN1CCC(O)CC1)Nc1cc(F)ccc1F. The van der Waals surface area contributed by atoms with Gasteiger partial charge in [-0.15, -0.1) is 0 Å². The molecule has 1 heterocycles. The van der Waals surface area contributed by atoms with E-state index in [1.54, 1.807) is 0 Å². The molecular formula is C13H16F2N2O2. The van der Waals surface area contributed by atoms with Crippen LogP contribution in [0.1, 0.15) is 12.8 Å². The fourth-order valence-electron chi connectivity index (χ4n) is 2.06. The second kappa shape index (κ2) is 6.08. The third kappa shape index (κ3) is 3.97. The molecule has 1 saturated heterocycles. The van der Waals surface area contributed by atoms with Crippen molar-refractivity contribution in [1.29, 1.82) is 0 Å². The maximum Gasteiger partial charge on any atom is 0.238 e. The molecule has 1 aliphatic rings. The van der Waals surface area contributed by atoms with E-state index in [4.69, 9.17) is 0 Å². The molecule has 0 aromatic heterocycles. The zero-order valence-corrected chi connectivity index (χ0v) is 10.4. The lowest BCUT2D eigenvalue weighted by Crippen LogP contribution is -2.40. The standard InChI is InChI=1S/C13H16F2N2O2/c14-9-1-2-11(15)12(7-9)16-13(19)8-17-5-3-10(18)4-6-17/h1-2,7,10,18H,3-6,8H2,(H,16,19). The summed E-state index contributed by atoms with van der Waals surface area (Å²) in [7, 11) is 0. The van der Waals surface area contributed by atoms with E-state index >= 15 is 0 Å². The van der Waals surface area contributed by atoms with E-state index in [1.165, 1.54) is 0 Å². The van der Waals surface area contributed by atoms with Gasteiger partial charge in [0.25, 0.3) is 0 Å². The van der Waals surface area contributed by atoms with Gasteiger partial charge in [0.2, 0.25) is 5.91 Å². The summed E-state index contributed by atoms with van der Waals surface area (Å²) in [6.45, 7) is 1.36. The van der Waals surface area contributed by atoms with Gasteiger partial charge in [0.15, 0.2) is 0 Å². The number of nitrogens with one attached hydrogen (secondary N) is 1. The van der Waals surface area contributed by atoms with E-state index in [1.807, 2.05) is 4.90 Å². The molecular weight excluding hydrogens is 254 g/mol. The monoisotopic (exact) mass is 270 g/mol. The molecule has 1 aromatic rings. The molecule has 2 N–H and O–H groups in total. The molecule has 0 bridgehead atoms. The van der Waals surface area contributed by atoms with Gasteiger partial charge in [-0.2, -0.15) is 0 Å². The molecule has 0 saturated carbocycles. The van der Waals surface area contributed by atoms with E-state index in [0.29, 0.717) is 25.9 Å². The molecule has 1 amide bonds. The van der Waals surface area contributed by atoms with E-state index in [-0.39, 0.29) is 24.2 Å². The number of aliphatic hydroxyl groups excluding tert-OH is 1. The molecule has 1 fully saturated rings. The van der Waals surface area contributed by atoms with Crippen molar-refractivity contribution < 1.29 is 18.7 Å². The van der Waals surface area contributed by atoms with Crippen molar-refractivity contribution in [1.82, 2.24) is 4.90 Å². The number of likely N-dealkylation sites (tertiary alicyclic amines) is 1. The van der Waals surface area contributed by atoms with Gasteiger partial charge in [-0.05, 0) is 25.0 Å². The molecule has 0 unspecified atom stereocenters. The van der Waals surface area contributed by atoms with Gasteiger partial charge in [-0.25, -0.2) is 8.78 Å². The lowest BCUT2D eigenvalue weighted by atomic mass is 10.1. The molecule has 0 radical (unpaired) electrons. The zero-order chi connectivity index (χ0) is 13.8. The Morgan fingerprint density at radius 1 is 1.37 bits per heavy atom. The summed E-state index contributed by atoms with van der Waals surface area (Å²) in [6.07, 6.45) is 0.948. The van der Waals surface area contributed by atoms with Crippen LogP contribution in [0.25, 0.3) is 0 Å². The number of benzene rings is 1. The Balaban J connectivity index is 1.89. The van der Waals surface area contributed by atoms with E-state index in [2.05, 4.69) is 5.32 Å². The molecule has 0 aliphatic carbocycles. The van der Waals surface area contributed by atoms with Gasteiger partial charge >= 0.3 is 0 Å². The molecule has 0 atom stereocenters. The van der Waals surface area contributed by atoms with Crippen LogP contribution in [-0.4, -0.2) is 41.7 Å². The molecule has 2 rings (SSSR count). The van der Waals surface area contributed by atoms with Gasteiger partial charge in [-0.1, -0.05) is 0 Å². The summed E-state index contributed by atoms with van der Waals surface area (Å²) < 4.78 is 26.3. The van der Waals surface area contributed by atoms with Crippen molar-refractivity contribution in [3.05, 3.63) is 29.8 Å². The highest BCUT2D eigenvalue weighted by Gasteiger charge is 2.19. The number of piperidine rings is 1. The fraction of sp³-hybridized carbons (Fsp3) is 0.462. The Morgan fingerprint density at radius 3 is 2.74 bits per heavy atom. The average molecular weight is 270 g/mol. The van der Waals surface area contributed by atoms with Gasteiger partial charge < -0.3 is 10.4 Å². The van der Waals surface area contributed by atoms with Crippen LogP contribution in [0.2, 0.25) is 0 Å². The van der Waals surface area contributed by atoms with Gasteiger partial charge in [0.05, 0.1) is 18.3 Å². The highest BCUT2D eigenvalue weighted by molar-refractivity contribution is 5.92. The van der Waals surface area contributed by atoms with Crippen LogP contribution < -0.4 is 5.32 Å². The van der Waals surface area contributed by atoms with E-state index in [9.17, 15) is 18.7 Å². The topological polar surface area (TPSA) is 52.6 Å². The van der Waals surface area contributed by atoms with Crippen molar-refractivity contribution in [3.63, 3.8) is 0 Å². The first-order chi connectivity index (χ1) is 9.04. The normalized spacial score (nSPS) is 17.4. The van der Waals surface area contributed by atoms with Gasteiger partial charge in [0, 0.05) is 19.2 Å². The molecule has 1 aromatic carbocycles. The lowest BCUT2D eigenvalue weighted by molar-refractivity contribution is -0.117. The minimum atomic E-state index is -0.663. The summed E-state index contributed by atoms with van der Waals surface area (Å²) in [6, 6.07) is 2.92. The lowest BCUT2D eigenvalue weighted by Gasteiger charge is -2.28. The first-order valence-electron chi connectivity index (χ1n) is 6.20. The smallest absolute Gasteiger partial charge is 0.238 e. The van der Waals surface area contributed by atoms with Crippen molar-refractivity contribution in [2.75, 3.05) is 25.0 Å². The minimum absolute atomic E-state index is 0.114. The van der Waals surface area contributed by atoms with Crippen molar-refractivity contribution in [2.24, 2.45) is 0 Å². The minimum Gasteiger partial charge on any atom is -0.393 e. The largest absolute Gasteiger partial charge is 0.393 e. The van der Waals surface area contributed by atoms with E-state index < -0.39 is 11.6 Å². The highest BCUT2D eigenvalue weighted by atomic mass is 19.1. The average Bonchev–Trinajstić information content (AvgIpc) is 2.37. The van der Waals surface area contributed by atoms with Crippen LogP contribution in [0.4, 0.5) is 14.5 Å². The first kappa shape index (κ1) is 13.9. The Bertz CT molecular complexity index is 460. The van der Waals surface area contributed by atoms with Crippen LogP contribution >= 0.6 is 0 Å². The number of hydrogen-bond acceptors (Lipinski definition) is 3. The summed E-state index contributed by atoms with van der Waals surface area (Å²) in [5.74, 6) is -1.65. The quantitative estimate of drug-likeness (QED) is 0.872. The van der Waals surface area contributed by atoms with Crippen molar-refractivity contribution in [2.45, 2.75) is 18.9 Å². The van der Waals surface area contributed by atoms with Crippen LogP contribution in [0, 0.1) is 11.6 Å². The number of aliphatic hydroxyl groups is 1. The molecule has 4 nitrogen and oxygen atoms in total. The third-order valence-corrected chi connectivity index (χ3v) is 3.13. The molecule has 6 heteroatoms. The Morgan fingerprint density at radius 2 is 2.05 bits per heavy atom. The number of anilines is 1. The summed E-state index contributed by atoms with van der Waals surface area (Å²) in [4.78, 5) is 13.6. The van der Waals surface area contributed by atoms with Gasteiger partial charge in [0.1, 0.15) is 11.6 Å². The fourth-order valence-corrected chi connectivity index (χ4v) is 2.06. The first-order valence-corrected chi connectivity index (χ1v) is 6.20. The van der Waals surface area contributed by atoms with Crippen LogP contribution in [-0.2, 0) is 4.79 Å². The molecule has 104 valence electrons. The van der Waals surface area contributed by atoms with Gasteiger partial charge in [-0.3, -0.25) is 9.69 Å². The Kier molecular flexibility index (Phi) is 4.44. The van der Waals surface area contributed by atoms with Crippen LogP contribution in [0.5, 0.6) is 0 Å². The van der Waals surface area contributed by atoms with Crippen LogP contribution in [0.3, 0.4) is 0 Å². The maximum absolute atomic E-state index is 13.3. The number of carbonyl (C=O) groups excluding carboxylic acids is 1. The van der Waals surface area contributed by atoms with Crippen molar-refractivity contribution >= 4 is 11.6 Å². The van der Waals surface area contributed by atoms with Crippen molar-refractivity contribution in [3.8, 4) is 0 Å². The number of carbonyl (C=O) groups is 1. The number of halogens is 2. The number of amides is 1. The Labute approximate surface area is 110 Å². The summed E-state index contributed by atoms with van der Waals surface area (Å²) >= 11 is 0. The molecule has 0 spiro atoms. The predicted molar refractivity (Wildman–Crippen MR) is 66.7 cm³/mol. The number of nitrogens with zero attached hydrogens (tertiary/aromatic N) is 1. The Hall–Kier alpha value is -1.53. The number of hydrogen-bond donors (Lipinski definition) is 2. The maximum atomic E-state index is 13.3. The van der Waals surface area contributed by atoms with Crippen LogP contribution in [0.15, 0.2) is 18.2 Å². The summed E-state index contributed by atoms with van der Waals surface area (Å²) in [5.41, 5.74) is -0.151. The predicted octanol–water partition coefficient (Wildman–Crippen LogP) is 1.36. The zero-order valence-electron chi connectivity index (χ0n) is 10.4. The molecule has 1 aliphatic heterocycles.